The van der Waals surface area contributed by atoms with E-state index in [1.54, 1.807) is 36.6 Å². The number of aryl methyl sites for hydroxylation is 1. The average Bonchev–Trinajstić information content (AvgIpc) is 3.69. The lowest BCUT2D eigenvalue weighted by atomic mass is 9.95. The third-order valence-electron chi connectivity index (χ3n) is 9.82. The molecular formula is C36H53N7O7S. The number of piperidine rings is 1. The highest BCUT2D eigenvalue weighted by molar-refractivity contribution is 7.09. The summed E-state index contributed by atoms with van der Waals surface area (Å²) in [4.78, 5) is 82.3. The Balaban J connectivity index is 1.48. The summed E-state index contributed by atoms with van der Waals surface area (Å²) in [5.41, 5.74) is 0.0912. The van der Waals surface area contributed by atoms with Gasteiger partial charge in [0, 0.05) is 56.7 Å². The minimum Gasteiger partial charge on any atom is -0.469 e. The van der Waals surface area contributed by atoms with Crippen molar-refractivity contribution in [3.63, 3.8) is 0 Å². The Morgan fingerprint density at radius 3 is 2.37 bits per heavy atom. The zero-order valence-corrected chi connectivity index (χ0v) is 31.9. The molecule has 2 aliphatic rings. The molecule has 1 aliphatic heterocycles. The van der Waals surface area contributed by atoms with Gasteiger partial charge in [-0.05, 0) is 64.1 Å². The van der Waals surface area contributed by atoms with E-state index in [1.807, 2.05) is 32.7 Å². The number of ether oxygens (including phenoxy) is 2. The average molecular weight is 728 g/mol. The zero-order valence-electron chi connectivity index (χ0n) is 31.1. The fourth-order valence-electron chi connectivity index (χ4n) is 6.69. The summed E-state index contributed by atoms with van der Waals surface area (Å²) in [7, 11) is 4.99. The molecule has 280 valence electrons. The molecule has 0 spiro atoms. The molecule has 1 saturated heterocycles. The first-order chi connectivity index (χ1) is 24.1. The van der Waals surface area contributed by atoms with E-state index in [-0.39, 0.29) is 48.4 Å². The van der Waals surface area contributed by atoms with Crippen molar-refractivity contribution in [2.75, 3.05) is 27.7 Å². The molecule has 2 fully saturated rings. The Morgan fingerprint density at radius 2 is 1.78 bits per heavy atom. The van der Waals surface area contributed by atoms with Crippen LogP contribution in [-0.2, 0) is 35.1 Å². The van der Waals surface area contributed by atoms with E-state index < -0.39 is 41.4 Å². The van der Waals surface area contributed by atoms with Crippen LogP contribution in [-0.4, -0.2) is 106 Å². The van der Waals surface area contributed by atoms with Gasteiger partial charge in [-0.2, -0.15) is 0 Å². The molecule has 15 heteroatoms. The van der Waals surface area contributed by atoms with Crippen molar-refractivity contribution in [3.05, 3.63) is 39.9 Å². The Bertz CT molecular complexity index is 1540. The highest BCUT2D eigenvalue weighted by Gasteiger charge is 2.54. The van der Waals surface area contributed by atoms with Crippen molar-refractivity contribution >= 4 is 41.0 Å². The Hall–Kier alpha value is -3.98. The molecule has 4 rings (SSSR count). The number of likely N-dealkylation sites (tertiary alicyclic amines) is 1. The molecule has 0 bridgehead atoms. The monoisotopic (exact) mass is 727 g/mol. The van der Waals surface area contributed by atoms with Crippen molar-refractivity contribution in [2.24, 2.45) is 11.8 Å². The topological polar surface area (TPSA) is 173 Å². The third kappa shape index (κ3) is 10.5. The molecule has 0 radical (unpaired) electrons. The van der Waals surface area contributed by atoms with Gasteiger partial charge < -0.3 is 25.0 Å². The molecular weight excluding hydrogens is 675 g/mol. The fourth-order valence-corrected chi connectivity index (χ4v) is 7.53. The summed E-state index contributed by atoms with van der Waals surface area (Å²) >= 11 is 1.19. The first-order valence-electron chi connectivity index (χ1n) is 17.7. The van der Waals surface area contributed by atoms with Crippen LogP contribution in [0.2, 0.25) is 0 Å². The molecule has 1 saturated carbocycles. The first kappa shape index (κ1) is 39.8. The quantitative estimate of drug-likeness (QED) is 0.243. The molecule has 2 aromatic rings. The van der Waals surface area contributed by atoms with E-state index in [0.717, 1.165) is 31.4 Å². The predicted octanol–water partition coefficient (Wildman–Crippen LogP) is 3.39. The minimum atomic E-state index is -0.938. The Kier molecular flexibility index (Phi) is 13.7. The van der Waals surface area contributed by atoms with Crippen molar-refractivity contribution in [1.82, 2.24) is 35.4 Å². The molecule has 0 unspecified atom stereocenters. The number of thiazole rings is 1. The minimum absolute atomic E-state index is 0.0303. The maximum atomic E-state index is 14.0. The van der Waals surface area contributed by atoms with Gasteiger partial charge in [-0.25, -0.2) is 15.0 Å². The van der Waals surface area contributed by atoms with Gasteiger partial charge in [-0.15, -0.1) is 11.3 Å². The Morgan fingerprint density at radius 1 is 1.10 bits per heavy atom. The van der Waals surface area contributed by atoms with Crippen LogP contribution in [0.4, 0.5) is 0 Å². The second-order valence-corrected chi connectivity index (χ2v) is 15.3. The third-order valence-corrected chi connectivity index (χ3v) is 10.8. The molecule has 3 amide bonds. The predicted molar refractivity (Wildman–Crippen MR) is 191 cm³/mol. The number of aromatic nitrogens is 3. The van der Waals surface area contributed by atoms with Crippen LogP contribution in [0.25, 0.3) is 0 Å². The standard InChI is InChI=1S/C36H53N7O7S/c1-21(2)28(43(7)35(48)36(12-13-36)41-32(46)27-11-9-10-14-42(27)6)17-29(50-24(5)44)33-40-26(20-51-33)31(45)39-25(15-23(4)34(47)49-8)16-30-37-18-22(3)19-38-30/h18-21,23,25,27-29H,9-17H2,1-8H3,(H,39,45)(H,41,46)/t23-,25+,27+,28+,29+/m0/s1. The van der Waals surface area contributed by atoms with Crippen molar-refractivity contribution < 1.29 is 33.4 Å². The number of likely N-dealkylation sites (N-methyl/N-ethyl adjacent to an activating group) is 2. The molecule has 51 heavy (non-hydrogen) atoms. The summed E-state index contributed by atoms with van der Waals surface area (Å²) in [6.07, 6.45) is 7.32. The highest BCUT2D eigenvalue weighted by atomic mass is 32.1. The van der Waals surface area contributed by atoms with E-state index in [9.17, 15) is 24.0 Å². The second kappa shape index (κ2) is 17.5. The summed E-state index contributed by atoms with van der Waals surface area (Å²) in [6.45, 7) is 9.75. The number of carbonyl (C=O) groups is 5. The van der Waals surface area contributed by atoms with Gasteiger partial charge in [0.05, 0.1) is 19.1 Å². The molecule has 2 aromatic heterocycles. The van der Waals surface area contributed by atoms with Gasteiger partial charge in [-0.3, -0.25) is 28.9 Å². The number of nitrogens with zero attached hydrogens (tertiary/aromatic N) is 5. The maximum absolute atomic E-state index is 14.0. The van der Waals surface area contributed by atoms with Crippen LogP contribution < -0.4 is 10.6 Å². The summed E-state index contributed by atoms with van der Waals surface area (Å²) in [5.74, 6) is -1.66. The number of nitrogens with one attached hydrogen (secondary N) is 2. The van der Waals surface area contributed by atoms with Gasteiger partial charge in [0.2, 0.25) is 11.8 Å². The van der Waals surface area contributed by atoms with E-state index in [0.29, 0.717) is 30.1 Å². The lowest BCUT2D eigenvalue weighted by molar-refractivity contribution is -0.149. The lowest BCUT2D eigenvalue weighted by Gasteiger charge is -2.37. The number of carbonyl (C=O) groups excluding carboxylic acids is 5. The summed E-state index contributed by atoms with van der Waals surface area (Å²) < 4.78 is 10.7. The number of methoxy groups -OCH3 is 1. The molecule has 5 atom stereocenters. The van der Waals surface area contributed by atoms with Crippen LogP contribution in [0, 0.1) is 18.8 Å². The van der Waals surface area contributed by atoms with E-state index in [2.05, 4.69) is 25.6 Å². The normalized spacial score (nSPS) is 19.3. The van der Waals surface area contributed by atoms with Crippen LogP contribution >= 0.6 is 11.3 Å². The molecule has 3 heterocycles. The number of esters is 2. The van der Waals surface area contributed by atoms with Crippen molar-refractivity contribution in [3.8, 4) is 0 Å². The number of rotatable bonds is 16. The largest absolute Gasteiger partial charge is 0.469 e. The van der Waals surface area contributed by atoms with Crippen LogP contribution in [0.1, 0.15) is 106 Å². The first-order valence-corrected chi connectivity index (χ1v) is 18.6. The smallest absolute Gasteiger partial charge is 0.308 e. The van der Waals surface area contributed by atoms with Crippen molar-refractivity contribution in [2.45, 2.75) is 116 Å². The van der Waals surface area contributed by atoms with Gasteiger partial charge in [-0.1, -0.05) is 27.2 Å². The van der Waals surface area contributed by atoms with Crippen molar-refractivity contribution in [1.29, 1.82) is 0 Å². The fraction of sp³-hybridized carbons (Fsp3) is 0.667. The van der Waals surface area contributed by atoms with E-state index >= 15 is 0 Å². The van der Waals surface area contributed by atoms with E-state index in [1.165, 1.54) is 25.4 Å². The second-order valence-electron chi connectivity index (χ2n) is 14.4. The Labute approximate surface area is 304 Å². The van der Waals surface area contributed by atoms with Gasteiger partial charge in [0.15, 0.2) is 6.10 Å². The zero-order chi connectivity index (χ0) is 37.5. The van der Waals surface area contributed by atoms with Crippen LogP contribution in [0.3, 0.4) is 0 Å². The summed E-state index contributed by atoms with van der Waals surface area (Å²) in [5, 5.41) is 8.07. The molecule has 14 nitrogen and oxygen atoms in total. The van der Waals surface area contributed by atoms with Gasteiger partial charge >= 0.3 is 11.9 Å². The SMILES string of the molecule is COC(=O)[C@@H](C)C[C@H](Cc1ncc(C)cn1)NC(=O)c1csc([C@@H](C[C@H](C(C)C)N(C)C(=O)C2(NC(=O)[C@H]3CCCCN3C)CC2)OC(C)=O)n1. The lowest BCUT2D eigenvalue weighted by Crippen LogP contribution is -2.57. The van der Waals surface area contributed by atoms with Crippen LogP contribution in [0.5, 0.6) is 0 Å². The molecule has 2 N–H and O–H groups in total. The highest BCUT2D eigenvalue weighted by Crippen LogP contribution is 2.39. The number of amides is 3. The maximum Gasteiger partial charge on any atom is 0.308 e. The molecule has 1 aliphatic carbocycles. The van der Waals surface area contributed by atoms with Crippen LogP contribution in [0.15, 0.2) is 17.8 Å². The summed E-state index contributed by atoms with van der Waals surface area (Å²) in [6, 6.07) is -1.11. The number of hydrogen-bond donors (Lipinski definition) is 2. The van der Waals surface area contributed by atoms with Gasteiger partial charge in [0.1, 0.15) is 22.1 Å². The molecule has 0 aromatic carbocycles. The van der Waals surface area contributed by atoms with Gasteiger partial charge in [0.25, 0.3) is 5.91 Å². The van der Waals surface area contributed by atoms with E-state index in [4.69, 9.17) is 9.47 Å². The number of hydrogen-bond acceptors (Lipinski definition) is 12.